The number of hydrogen-bond acceptors (Lipinski definition) is 5. The average molecular weight is 325 g/mol. The van der Waals surface area contributed by atoms with Crippen molar-refractivity contribution in [2.75, 3.05) is 5.73 Å². The summed E-state index contributed by atoms with van der Waals surface area (Å²) in [7, 11) is 1.85. The van der Waals surface area contributed by atoms with E-state index in [1.165, 1.54) is 0 Å². The topological polar surface area (TPSA) is 56.7 Å². The lowest BCUT2D eigenvalue weighted by Gasteiger charge is -1.97. The Morgan fingerprint density at radius 1 is 1.45 bits per heavy atom. The van der Waals surface area contributed by atoms with Crippen LogP contribution in [0.15, 0.2) is 22.5 Å². The number of hydrogen-bond donors (Lipinski definition) is 1. The highest BCUT2D eigenvalue weighted by Gasteiger charge is 2.13. The normalized spacial score (nSPS) is 11.3. The molecule has 3 rings (SSSR count). The third-order valence-corrected chi connectivity index (χ3v) is 5.66. The quantitative estimate of drug-likeness (QED) is 0.587. The van der Waals surface area contributed by atoms with Gasteiger partial charge >= 0.3 is 0 Å². The Bertz CT molecular complexity index is 778. The molecule has 0 aliphatic heterocycles. The molecule has 104 valence electrons. The first kappa shape index (κ1) is 13.7. The zero-order valence-electron chi connectivity index (χ0n) is 11.1. The van der Waals surface area contributed by atoms with Gasteiger partial charge in [-0.05, 0) is 25.1 Å². The zero-order chi connectivity index (χ0) is 14.3. The van der Waals surface area contributed by atoms with E-state index in [1.807, 2.05) is 32.2 Å². The third-order valence-electron chi connectivity index (χ3n) is 3.00. The summed E-state index contributed by atoms with van der Waals surface area (Å²) in [6.45, 7) is 1.97. The summed E-state index contributed by atoms with van der Waals surface area (Å²) < 4.78 is 3.83. The minimum absolute atomic E-state index is 0.695. The van der Waals surface area contributed by atoms with Gasteiger partial charge in [-0.3, -0.25) is 4.68 Å². The van der Waals surface area contributed by atoms with Gasteiger partial charge in [-0.25, -0.2) is 4.98 Å². The van der Waals surface area contributed by atoms with Crippen LogP contribution in [0.2, 0.25) is 5.15 Å². The molecule has 1 aromatic carbocycles. The van der Waals surface area contributed by atoms with Gasteiger partial charge in [-0.1, -0.05) is 23.4 Å². The number of nitrogens with two attached hydrogens (primary N) is 1. The molecule has 0 aliphatic carbocycles. The monoisotopic (exact) mass is 324 g/mol. The van der Waals surface area contributed by atoms with Gasteiger partial charge in [0.1, 0.15) is 5.15 Å². The fourth-order valence-electron chi connectivity index (χ4n) is 1.95. The minimum Gasteiger partial charge on any atom is -0.399 e. The van der Waals surface area contributed by atoms with Gasteiger partial charge < -0.3 is 5.73 Å². The van der Waals surface area contributed by atoms with Crippen LogP contribution in [0, 0.1) is 6.92 Å². The predicted molar refractivity (Wildman–Crippen MR) is 86.5 cm³/mol. The Morgan fingerprint density at radius 3 is 2.95 bits per heavy atom. The summed E-state index contributed by atoms with van der Waals surface area (Å²) >= 11 is 9.56. The van der Waals surface area contributed by atoms with E-state index in [0.717, 1.165) is 37.3 Å². The van der Waals surface area contributed by atoms with Gasteiger partial charge in [0.25, 0.3) is 0 Å². The summed E-state index contributed by atoms with van der Waals surface area (Å²) in [5.74, 6) is 0.772. The van der Waals surface area contributed by atoms with Gasteiger partial charge in [0.05, 0.1) is 15.9 Å². The first-order chi connectivity index (χ1) is 9.54. The molecule has 0 aliphatic rings. The van der Waals surface area contributed by atoms with Crippen LogP contribution in [-0.2, 0) is 12.8 Å². The van der Waals surface area contributed by atoms with Crippen LogP contribution >= 0.6 is 34.7 Å². The number of nitrogen functional groups attached to an aromatic ring is 1. The fourth-order valence-corrected chi connectivity index (χ4v) is 4.48. The van der Waals surface area contributed by atoms with Crippen LogP contribution in [0.4, 0.5) is 5.69 Å². The number of halogens is 1. The highest BCUT2D eigenvalue weighted by atomic mass is 35.5. The van der Waals surface area contributed by atoms with Gasteiger partial charge in [-0.15, -0.1) is 11.3 Å². The summed E-state index contributed by atoms with van der Waals surface area (Å²) in [5.41, 5.74) is 9.57. The summed E-state index contributed by atoms with van der Waals surface area (Å²) in [6.07, 6.45) is 0. The SMILES string of the molecule is Cc1nn(C)c(Cl)c1CSc1nc2ccc(N)cc2s1. The second kappa shape index (κ2) is 5.27. The van der Waals surface area contributed by atoms with E-state index in [0.29, 0.717) is 5.15 Å². The van der Waals surface area contributed by atoms with Gasteiger partial charge in [-0.2, -0.15) is 5.10 Å². The average Bonchev–Trinajstić information content (AvgIpc) is 2.89. The molecule has 0 fully saturated rings. The second-order valence-electron chi connectivity index (χ2n) is 4.47. The summed E-state index contributed by atoms with van der Waals surface area (Å²) in [4.78, 5) is 4.59. The van der Waals surface area contributed by atoms with Crippen molar-refractivity contribution in [3.8, 4) is 0 Å². The van der Waals surface area contributed by atoms with Crippen LogP contribution in [-0.4, -0.2) is 14.8 Å². The first-order valence-corrected chi connectivity index (χ1v) is 8.19. The van der Waals surface area contributed by atoms with E-state index in [9.17, 15) is 0 Å². The molecule has 7 heteroatoms. The highest BCUT2D eigenvalue weighted by molar-refractivity contribution is 8.00. The first-order valence-electron chi connectivity index (χ1n) is 6.01. The van der Waals surface area contributed by atoms with E-state index in [1.54, 1.807) is 27.8 Å². The van der Waals surface area contributed by atoms with Crippen molar-refractivity contribution >= 4 is 50.6 Å². The molecule has 0 saturated heterocycles. The van der Waals surface area contributed by atoms with Crippen molar-refractivity contribution in [3.05, 3.63) is 34.6 Å². The Morgan fingerprint density at radius 2 is 2.25 bits per heavy atom. The van der Waals surface area contributed by atoms with Crippen molar-refractivity contribution < 1.29 is 0 Å². The molecular weight excluding hydrogens is 312 g/mol. The van der Waals surface area contributed by atoms with E-state index in [-0.39, 0.29) is 0 Å². The summed E-state index contributed by atoms with van der Waals surface area (Å²) in [6, 6.07) is 5.78. The lowest BCUT2D eigenvalue weighted by Crippen LogP contribution is -1.89. The van der Waals surface area contributed by atoms with Crippen LogP contribution < -0.4 is 5.73 Å². The van der Waals surface area contributed by atoms with Crippen molar-refractivity contribution in [2.24, 2.45) is 7.05 Å². The standard InChI is InChI=1S/C13H13ClN4S2/c1-7-9(12(14)18(2)17-7)6-19-13-16-10-4-3-8(15)5-11(10)20-13/h3-5H,6,15H2,1-2H3. The highest BCUT2D eigenvalue weighted by Crippen LogP contribution is 2.34. The molecule has 0 spiro atoms. The molecule has 0 saturated carbocycles. The maximum atomic E-state index is 6.23. The molecule has 0 amide bonds. The molecule has 0 atom stereocenters. The van der Waals surface area contributed by atoms with Crippen LogP contribution in [0.5, 0.6) is 0 Å². The van der Waals surface area contributed by atoms with E-state index in [2.05, 4.69) is 10.1 Å². The Labute approximate surface area is 129 Å². The number of fused-ring (bicyclic) bond motifs is 1. The molecule has 2 heterocycles. The van der Waals surface area contributed by atoms with Gasteiger partial charge in [0, 0.05) is 24.1 Å². The van der Waals surface area contributed by atoms with Crippen molar-refractivity contribution in [2.45, 2.75) is 17.0 Å². The number of nitrogens with zero attached hydrogens (tertiary/aromatic N) is 3. The fraction of sp³-hybridized carbons (Fsp3) is 0.231. The number of thiazole rings is 1. The Kier molecular flexibility index (Phi) is 3.62. The molecule has 0 bridgehead atoms. The maximum Gasteiger partial charge on any atom is 0.151 e. The maximum absolute atomic E-state index is 6.23. The van der Waals surface area contributed by atoms with E-state index >= 15 is 0 Å². The van der Waals surface area contributed by atoms with Crippen molar-refractivity contribution in [1.29, 1.82) is 0 Å². The smallest absolute Gasteiger partial charge is 0.151 e. The molecule has 4 nitrogen and oxygen atoms in total. The largest absolute Gasteiger partial charge is 0.399 e. The molecule has 2 aromatic heterocycles. The Hall–Kier alpha value is -1.24. The molecule has 0 unspecified atom stereocenters. The lowest BCUT2D eigenvalue weighted by molar-refractivity contribution is 0.757. The van der Waals surface area contributed by atoms with E-state index in [4.69, 9.17) is 17.3 Å². The summed E-state index contributed by atoms with van der Waals surface area (Å²) in [5, 5.41) is 5.01. The number of benzene rings is 1. The van der Waals surface area contributed by atoms with Gasteiger partial charge in [0.2, 0.25) is 0 Å². The number of anilines is 1. The minimum atomic E-state index is 0.695. The zero-order valence-corrected chi connectivity index (χ0v) is 13.4. The molecule has 2 N–H and O–H groups in total. The molecular formula is C13H13ClN4S2. The van der Waals surface area contributed by atoms with E-state index < -0.39 is 0 Å². The van der Waals surface area contributed by atoms with Crippen molar-refractivity contribution in [1.82, 2.24) is 14.8 Å². The van der Waals surface area contributed by atoms with Crippen molar-refractivity contribution in [3.63, 3.8) is 0 Å². The third kappa shape index (κ3) is 2.51. The van der Waals surface area contributed by atoms with Gasteiger partial charge in [0.15, 0.2) is 4.34 Å². The predicted octanol–water partition coefficient (Wildman–Crippen LogP) is 3.87. The number of rotatable bonds is 3. The van der Waals surface area contributed by atoms with Crippen LogP contribution in [0.3, 0.4) is 0 Å². The van der Waals surface area contributed by atoms with Crippen LogP contribution in [0.1, 0.15) is 11.3 Å². The molecule has 0 radical (unpaired) electrons. The lowest BCUT2D eigenvalue weighted by atomic mass is 10.3. The number of aromatic nitrogens is 3. The molecule has 20 heavy (non-hydrogen) atoms. The second-order valence-corrected chi connectivity index (χ2v) is 7.09. The number of aryl methyl sites for hydroxylation is 2. The molecule has 3 aromatic rings. The van der Waals surface area contributed by atoms with Crippen LogP contribution in [0.25, 0.3) is 10.2 Å². The number of thioether (sulfide) groups is 1. The Balaban J connectivity index is 1.83.